The predicted molar refractivity (Wildman–Crippen MR) is 76.3 cm³/mol. The van der Waals surface area contributed by atoms with E-state index in [-0.39, 0.29) is 0 Å². The molecular weight excluding hydrogens is 226 g/mol. The fraction of sp³-hybridized carbons (Fsp3) is 0.133. The first-order valence-corrected chi connectivity index (χ1v) is 6.35. The molecule has 0 aliphatic heterocycles. The van der Waals surface area contributed by atoms with Gasteiger partial charge in [-0.3, -0.25) is 0 Å². The Balaban J connectivity index is 2.28. The number of benzene rings is 1. The first-order chi connectivity index (χ1) is 8.22. The van der Waals surface area contributed by atoms with Gasteiger partial charge in [0.1, 0.15) is 0 Å². The van der Waals surface area contributed by atoms with E-state index in [0.29, 0.717) is 0 Å². The zero-order valence-corrected chi connectivity index (χ0v) is 10.7. The van der Waals surface area contributed by atoms with Crippen LogP contribution in [0.5, 0.6) is 0 Å². The van der Waals surface area contributed by atoms with Crippen LogP contribution in [0.15, 0.2) is 36.9 Å². The summed E-state index contributed by atoms with van der Waals surface area (Å²) in [5.41, 5.74) is 3.23. The molecule has 1 aromatic heterocycles. The molecule has 0 aliphatic rings. The van der Waals surface area contributed by atoms with Gasteiger partial charge in [-0.05, 0) is 35.7 Å². The zero-order valence-electron chi connectivity index (χ0n) is 9.86. The standard InChI is InChI=1S/C15H15NS/c1-3-13-8-12(5-6-14(13)10-16)9-15-7-4-11(2)17-15/h3-8,10,16H,1,9H2,2H3. The quantitative estimate of drug-likeness (QED) is 0.772. The number of rotatable bonds is 4. The lowest BCUT2D eigenvalue weighted by atomic mass is 10.0. The lowest BCUT2D eigenvalue weighted by Gasteiger charge is -2.04. The Bertz CT molecular complexity index is 552. The lowest BCUT2D eigenvalue weighted by molar-refractivity contribution is 1.24. The van der Waals surface area contributed by atoms with Crippen LogP contribution in [0.25, 0.3) is 6.08 Å². The van der Waals surface area contributed by atoms with Crippen LogP contribution in [0.4, 0.5) is 0 Å². The lowest BCUT2D eigenvalue weighted by Crippen LogP contribution is -1.90. The minimum atomic E-state index is 0.922. The molecule has 0 fully saturated rings. The molecule has 0 atom stereocenters. The number of hydrogen-bond donors (Lipinski definition) is 1. The molecule has 0 radical (unpaired) electrons. The molecule has 2 aromatic rings. The molecule has 0 amide bonds. The minimum Gasteiger partial charge on any atom is -0.308 e. The average molecular weight is 241 g/mol. The minimum absolute atomic E-state index is 0.922. The Hall–Kier alpha value is -1.67. The average Bonchev–Trinajstić information content (AvgIpc) is 2.74. The van der Waals surface area contributed by atoms with Crippen LogP contribution < -0.4 is 0 Å². The SMILES string of the molecule is C=Cc1cc(Cc2ccc(C)s2)ccc1C=N. The molecule has 17 heavy (non-hydrogen) atoms. The van der Waals surface area contributed by atoms with Gasteiger partial charge >= 0.3 is 0 Å². The van der Waals surface area contributed by atoms with Crippen LogP contribution in [-0.4, -0.2) is 6.21 Å². The van der Waals surface area contributed by atoms with Crippen molar-refractivity contribution in [3.63, 3.8) is 0 Å². The maximum absolute atomic E-state index is 7.31. The summed E-state index contributed by atoms with van der Waals surface area (Å²) in [4.78, 5) is 2.72. The number of thiophene rings is 1. The summed E-state index contributed by atoms with van der Waals surface area (Å²) in [6.45, 7) is 5.92. The predicted octanol–water partition coefficient (Wildman–Crippen LogP) is 4.29. The summed E-state index contributed by atoms with van der Waals surface area (Å²) in [5.74, 6) is 0. The molecule has 2 rings (SSSR count). The molecule has 0 bridgehead atoms. The Morgan fingerprint density at radius 3 is 2.65 bits per heavy atom. The summed E-state index contributed by atoms with van der Waals surface area (Å²) in [5, 5.41) is 7.31. The molecule has 0 aliphatic carbocycles. The fourth-order valence-electron chi connectivity index (χ4n) is 1.82. The van der Waals surface area contributed by atoms with Crippen molar-refractivity contribution in [1.82, 2.24) is 0 Å². The maximum Gasteiger partial charge on any atom is 0.0256 e. The topological polar surface area (TPSA) is 23.9 Å². The molecule has 1 aromatic carbocycles. The molecule has 0 unspecified atom stereocenters. The third-order valence-electron chi connectivity index (χ3n) is 2.70. The normalized spacial score (nSPS) is 10.2. The van der Waals surface area contributed by atoms with Crippen molar-refractivity contribution >= 4 is 23.6 Å². The molecule has 0 spiro atoms. The van der Waals surface area contributed by atoms with Gasteiger partial charge in [0.05, 0.1) is 0 Å². The van der Waals surface area contributed by atoms with Crippen molar-refractivity contribution in [1.29, 1.82) is 5.41 Å². The van der Waals surface area contributed by atoms with Gasteiger partial charge in [-0.1, -0.05) is 30.9 Å². The van der Waals surface area contributed by atoms with Gasteiger partial charge in [0.2, 0.25) is 0 Å². The molecule has 1 N–H and O–H groups in total. The Morgan fingerprint density at radius 1 is 1.24 bits per heavy atom. The van der Waals surface area contributed by atoms with Crippen LogP contribution in [0.3, 0.4) is 0 Å². The van der Waals surface area contributed by atoms with Crippen molar-refractivity contribution in [3.05, 3.63) is 63.4 Å². The highest BCUT2D eigenvalue weighted by Gasteiger charge is 2.02. The third kappa shape index (κ3) is 2.71. The summed E-state index contributed by atoms with van der Waals surface area (Å²) in [6.07, 6.45) is 4.14. The number of nitrogens with one attached hydrogen (secondary N) is 1. The highest BCUT2D eigenvalue weighted by atomic mass is 32.1. The highest BCUT2D eigenvalue weighted by molar-refractivity contribution is 7.11. The van der Waals surface area contributed by atoms with E-state index in [1.807, 2.05) is 23.5 Å². The Labute approximate surface area is 106 Å². The monoisotopic (exact) mass is 241 g/mol. The van der Waals surface area contributed by atoms with Crippen molar-refractivity contribution in [2.24, 2.45) is 0 Å². The molecule has 1 heterocycles. The van der Waals surface area contributed by atoms with E-state index < -0.39 is 0 Å². The first kappa shape index (κ1) is 11.8. The van der Waals surface area contributed by atoms with Crippen molar-refractivity contribution in [2.45, 2.75) is 13.3 Å². The summed E-state index contributed by atoms with van der Waals surface area (Å²) in [7, 11) is 0. The van der Waals surface area contributed by atoms with E-state index in [2.05, 4.69) is 37.8 Å². The van der Waals surface area contributed by atoms with E-state index >= 15 is 0 Å². The fourth-order valence-corrected chi connectivity index (χ4v) is 2.75. The second kappa shape index (κ2) is 5.11. The number of hydrogen-bond acceptors (Lipinski definition) is 2. The summed E-state index contributed by atoms with van der Waals surface area (Å²) >= 11 is 1.84. The van der Waals surface area contributed by atoms with Crippen molar-refractivity contribution in [2.75, 3.05) is 0 Å². The third-order valence-corrected chi connectivity index (χ3v) is 3.70. The number of aryl methyl sites for hydroxylation is 1. The maximum atomic E-state index is 7.31. The van der Waals surface area contributed by atoms with Gasteiger partial charge < -0.3 is 5.41 Å². The second-order valence-corrected chi connectivity index (χ2v) is 5.37. The van der Waals surface area contributed by atoms with Gasteiger partial charge in [0, 0.05) is 22.4 Å². The van der Waals surface area contributed by atoms with Crippen LogP contribution in [0.2, 0.25) is 0 Å². The summed E-state index contributed by atoms with van der Waals surface area (Å²) in [6, 6.07) is 10.5. The van der Waals surface area contributed by atoms with E-state index in [9.17, 15) is 0 Å². The Morgan fingerprint density at radius 2 is 2.06 bits per heavy atom. The molecular formula is C15H15NS. The van der Waals surface area contributed by atoms with Gasteiger partial charge in [-0.25, -0.2) is 0 Å². The molecule has 0 saturated heterocycles. The smallest absolute Gasteiger partial charge is 0.0256 e. The molecule has 2 heteroatoms. The van der Waals surface area contributed by atoms with Crippen LogP contribution >= 0.6 is 11.3 Å². The van der Waals surface area contributed by atoms with E-state index in [1.165, 1.54) is 21.5 Å². The van der Waals surface area contributed by atoms with Gasteiger partial charge in [0.15, 0.2) is 0 Å². The zero-order chi connectivity index (χ0) is 12.3. The van der Waals surface area contributed by atoms with Crippen molar-refractivity contribution < 1.29 is 0 Å². The van der Waals surface area contributed by atoms with E-state index in [1.54, 1.807) is 0 Å². The highest BCUT2D eigenvalue weighted by Crippen LogP contribution is 2.20. The Kier molecular flexibility index (Phi) is 3.55. The van der Waals surface area contributed by atoms with Crippen LogP contribution in [0, 0.1) is 12.3 Å². The largest absolute Gasteiger partial charge is 0.308 e. The van der Waals surface area contributed by atoms with Gasteiger partial charge in [-0.2, -0.15) is 0 Å². The van der Waals surface area contributed by atoms with Crippen LogP contribution in [-0.2, 0) is 6.42 Å². The van der Waals surface area contributed by atoms with Crippen LogP contribution in [0.1, 0.15) is 26.4 Å². The van der Waals surface area contributed by atoms with E-state index in [0.717, 1.165) is 17.5 Å². The van der Waals surface area contributed by atoms with E-state index in [4.69, 9.17) is 5.41 Å². The molecule has 0 saturated carbocycles. The second-order valence-electron chi connectivity index (χ2n) is 4.00. The molecule has 1 nitrogen and oxygen atoms in total. The van der Waals surface area contributed by atoms with Gasteiger partial charge in [0.25, 0.3) is 0 Å². The van der Waals surface area contributed by atoms with Gasteiger partial charge in [-0.15, -0.1) is 11.3 Å². The molecule has 86 valence electrons. The van der Waals surface area contributed by atoms with Crippen molar-refractivity contribution in [3.8, 4) is 0 Å². The summed E-state index contributed by atoms with van der Waals surface area (Å²) < 4.78 is 0. The first-order valence-electron chi connectivity index (χ1n) is 5.54.